The third-order valence-corrected chi connectivity index (χ3v) is 4.81. The van der Waals surface area contributed by atoms with Crippen LogP contribution in [0.5, 0.6) is 5.75 Å². The maximum absolute atomic E-state index is 12.2. The second kappa shape index (κ2) is 9.84. The van der Waals surface area contributed by atoms with E-state index in [0.717, 1.165) is 23.0 Å². The number of carbonyl (C=O) groups is 2. The van der Waals surface area contributed by atoms with Crippen LogP contribution in [0.2, 0.25) is 0 Å². The standard InChI is InChI=1S/C23H25N3O4/c1-15(22(27)26-29)14-24-23(28)17-7-9-19(10-8-17)30-12-11-18-13-16(2)25-21-6-4-3-5-20(18)21/h3-10,13,15,29H,11-12,14H2,1-2H3,(H,24,28)(H,26,27). The van der Waals surface area contributed by atoms with Crippen LogP contribution in [0.1, 0.15) is 28.5 Å². The van der Waals surface area contributed by atoms with Gasteiger partial charge in [-0.2, -0.15) is 0 Å². The molecule has 0 saturated carbocycles. The highest BCUT2D eigenvalue weighted by Crippen LogP contribution is 2.19. The van der Waals surface area contributed by atoms with Crippen LogP contribution in [0.25, 0.3) is 10.9 Å². The number of aryl methyl sites for hydroxylation is 1. The lowest BCUT2D eigenvalue weighted by atomic mass is 10.1. The molecule has 0 aliphatic rings. The zero-order valence-electron chi connectivity index (χ0n) is 17.0. The normalized spacial score (nSPS) is 11.7. The van der Waals surface area contributed by atoms with Crippen molar-refractivity contribution in [3.63, 3.8) is 0 Å². The molecule has 0 spiro atoms. The van der Waals surface area contributed by atoms with Crippen LogP contribution in [0.3, 0.4) is 0 Å². The number of pyridine rings is 1. The Morgan fingerprint density at radius 1 is 1.13 bits per heavy atom. The molecule has 1 heterocycles. The molecule has 7 heteroatoms. The number of hydrogen-bond donors (Lipinski definition) is 3. The molecule has 2 amide bonds. The first kappa shape index (κ1) is 21.3. The number of hydrogen-bond acceptors (Lipinski definition) is 5. The number of ether oxygens (including phenoxy) is 1. The molecule has 3 aromatic rings. The van der Waals surface area contributed by atoms with Crippen LogP contribution >= 0.6 is 0 Å². The number of aromatic nitrogens is 1. The van der Waals surface area contributed by atoms with E-state index in [9.17, 15) is 9.59 Å². The first-order valence-electron chi connectivity index (χ1n) is 9.78. The molecule has 0 aliphatic carbocycles. The number of hydroxylamine groups is 1. The minimum atomic E-state index is -0.545. The summed E-state index contributed by atoms with van der Waals surface area (Å²) in [5.74, 6) is -0.696. The van der Waals surface area contributed by atoms with Gasteiger partial charge in [-0.25, -0.2) is 5.48 Å². The quantitative estimate of drug-likeness (QED) is 0.394. The number of carbonyl (C=O) groups excluding carboxylic acids is 2. The summed E-state index contributed by atoms with van der Waals surface area (Å²) in [4.78, 5) is 28.0. The van der Waals surface area contributed by atoms with Crippen molar-refractivity contribution in [2.45, 2.75) is 20.3 Å². The molecule has 30 heavy (non-hydrogen) atoms. The number of rotatable bonds is 8. The van der Waals surface area contributed by atoms with Gasteiger partial charge >= 0.3 is 0 Å². The third kappa shape index (κ3) is 5.33. The molecule has 3 N–H and O–H groups in total. The van der Waals surface area contributed by atoms with E-state index in [1.54, 1.807) is 36.7 Å². The van der Waals surface area contributed by atoms with Crippen molar-refractivity contribution in [3.05, 3.63) is 71.4 Å². The van der Waals surface area contributed by atoms with Crippen LogP contribution in [0.4, 0.5) is 0 Å². The Labute approximate surface area is 175 Å². The van der Waals surface area contributed by atoms with E-state index in [0.29, 0.717) is 17.9 Å². The molecule has 1 unspecified atom stereocenters. The summed E-state index contributed by atoms with van der Waals surface area (Å²) in [5.41, 5.74) is 5.18. The van der Waals surface area contributed by atoms with Crippen molar-refractivity contribution in [1.29, 1.82) is 0 Å². The van der Waals surface area contributed by atoms with Crippen LogP contribution in [-0.4, -0.2) is 35.2 Å². The summed E-state index contributed by atoms with van der Waals surface area (Å²) in [6.45, 7) is 4.23. The van der Waals surface area contributed by atoms with Crippen molar-refractivity contribution in [3.8, 4) is 5.75 Å². The number of nitrogens with zero attached hydrogens (tertiary/aromatic N) is 1. The minimum Gasteiger partial charge on any atom is -0.493 e. The molecule has 0 fully saturated rings. The second-order valence-electron chi connectivity index (χ2n) is 7.15. The molecule has 0 aliphatic heterocycles. The van der Waals surface area contributed by atoms with Crippen molar-refractivity contribution in [2.24, 2.45) is 5.92 Å². The van der Waals surface area contributed by atoms with Gasteiger partial charge in [-0.3, -0.25) is 19.8 Å². The highest BCUT2D eigenvalue weighted by Gasteiger charge is 2.14. The maximum atomic E-state index is 12.2. The summed E-state index contributed by atoms with van der Waals surface area (Å²) >= 11 is 0. The van der Waals surface area contributed by atoms with E-state index in [-0.39, 0.29) is 12.5 Å². The van der Waals surface area contributed by atoms with Gasteiger partial charge in [0, 0.05) is 29.6 Å². The molecule has 156 valence electrons. The van der Waals surface area contributed by atoms with E-state index in [4.69, 9.17) is 9.94 Å². The largest absolute Gasteiger partial charge is 0.493 e. The Morgan fingerprint density at radius 2 is 1.87 bits per heavy atom. The topological polar surface area (TPSA) is 101 Å². The Morgan fingerprint density at radius 3 is 2.60 bits per heavy atom. The van der Waals surface area contributed by atoms with Gasteiger partial charge in [-0.05, 0) is 48.9 Å². The SMILES string of the molecule is Cc1cc(CCOc2ccc(C(=O)NCC(C)C(=O)NO)cc2)c2ccccc2n1. The third-order valence-electron chi connectivity index (χ3n) is 4.81. The first-order chi connectivity index (χ1) is 14.5. The molecule has 7 nitrogen and oxygen atoms in total. The molecule has 2 aromatic carbocycles. The van der Waals surface area contributed by atoms with Gasteiger partial charge in [0.2, 0.25) is 5.91 Å². The predicted octanol–water partition coefficient (Wildman–Crippen LogP) is 3.04. The zero-order chi connectivity index (χ0) is 21.5. The number of benzene rings is 2. The van der Waals surface area contributed by atoms with Crippen molar-refractivity contribution < 1.29 is 19.5 Å². The highest BCUT2D eigenvalue weighted by atomic mass is 16.5. The molecular weight excluding hydrogens is 382 g/mol. The molecular formula is C23H25N3O4. The van der Waals surface area contributed by atoms with Gasteiger partial charge in [0.05, 0.1) is 18.0 Å². The maximum Gasteiger partial charge on any atom is 0.251 e. The average Bonchev–Trinajstić information content (AvgIpc) is 2.76. The fourth-order valence-corrected chi connectivity index (χ4v) is 3.13. The summed E-state index contributed by atoms with van der Waals surface area (Å²) < 4.78 is 5.84. The number of amides is 2. The molecule has 0 radical (unpaired) electrons. The van der Waals surface area contributed by atoms with Crippen molar-refractivity contribution in [1.82, 2.24) is 15.8 Å². The Kier molecular flexibility index (Phi) is 6.98. The minimum absolute atomic E-state index is 0.128. The highest BCUT2D eigenvalue weighted by molar-refractivity contribution is 5.94. The molecule has 1 atom stereocenters. The fourth-order valence-electron chi connectivity index (χ4n) is 3.13. The molecule has 1 aromatic heterocycles. The van der Waals surface area contributed by atoms with Crippen LogP contribution in [-0.2, 0) is 11.2 Å². The lowest BCUT2D eigenvalue weighted by molar-refractivity contribution is -0.132. The molecule has 0 bridgehead atoms. The monoisotopic (exact) mass is 407 g/mol. The molecule has 3 rings (SSSR count). The van der Waals surface area contributed by atoms with E-state index in [1.807, 2.05) is 25.1 Å². The summed E-state index contributed by atoms with van der Waals surface area (Å²) in [7, 11) is 0. The van der Waals surface area contributed by atoms with Gasteiger partial charge < -0.3 is 10.1 Å². The predicted molar refractivity (Wildman–Crippen MR) is 114 cm³/mol. The van der Waals surface area contributed by atoms with Gasteiger partial charge in [0.15, 0.2) is 0 Å². The van der Waals surface area contributed by atoms with Gasteiger partial charge in [0.1, 0.15) is 5.75 Å². The zero-order valence-corrected chi connectivity index (χ0v) is 17.0. The summed E-state index contributed by atoms with van der Waals surface area (Å²) in [6.07, 6.45) is 0.747. The average molecular weight is 407 g/mol. The summed E-state index contributed by atoms with van der Waals surface area (Å²) in [6, 6.07) is 17.0. The Bertz CT molecular complexity index is 1030. The number of nitrogens with one attached hydrogen (secondary N) is 2. The van der Waals surface area contributed by atoms with Gasteiger partial charge in [-0.15, -0.1) is 0 Å². The van der Waals surface area contributed by atoms with Gasteiger partial charge in [-0.1, -0.05) is 25.1 Å². The number of para-hydroxylation sites is 1. The van der Waals surface area contributed by atoms with Crippen LogP contribution in [0.15, 0.2) is 54.6 Å². The van der Waals surface area contributed by atoms with Crippen LogP contribution < -0.4 is 15.5 Å². The van der Waals surface area contributed by atoms with Crippen molar-refractivity contribution in [2.75, 3.05) is 13.2 Å². The van der Waals surface area contributed by atoms with Crippen molar-refractivity contribution >= 4 is 22.7 Å². The van der Waals surface area contributed by atoms with E-state index >= 15 is 0 Å². The Balaban J connectivity index is 1.54. The van der Waals surface area contributed by atoms with E-state index in [2.05, 4.69) is 22.4 Å². The Hall–Kier alpha value is -3.45. The first-order valence-corrected chi connectivity index (χ1v) is 9.78. The van der Waals surface area contributed by atoms with E-state index in [1.165, 1.54) is 5.56 Å². The number of fused-ring (bicyclic) bond motifs is 1. The second-order valence-corrected chi connectivity index (χ2v) is 7.15. The summed E-state index contributed by atoms with van der Waals surface area (Å²) in [5, 5.41) is 12.4. The van der Waals surface area contributed by atoms with Crippen LogP contribution in [0, 0.1) is 12.8 Å². The fraction of sp³-hybridized carbons (Fsp3) is 0.261. The lowest BCUT2D eigenvalue weighted by Gasteiger charge is -2.11. The van der Waals surface area contributed by atoms with Gasteiger partial charge in [0.25, 0.3) is 5.91 Å². The smallest absolute Gasteiger partial charge is 0.251 e. The molecule has 0 saturated heterocycles. The lowest BCUT2D eigenvalue weighted by Crippen LogP contribution is -2.36. The van der Waals surface area contributed by atoms with E-state index < -0.39 is 11.8 Å².